The maximum atomic E-state index is 11.7. The summed E-state index contributed by atoms with van der Waals surface area (Å²) in [6.45, 7) is 7.12. The van der Waals surface area contributed by atoms with Crippen LogP contribution in [-0.2, 0) is 20.8 Å². The van der Waals surface area contributed by atoms with Gasteiger partial charge in [-0.15, -0.1) is 0 Å². The SMILES string of the molecule is CN=C(NCCCOCCOC)NCc1ccc(NC(=O)C(C)C)cc1. The van der Waals surface area contributed by atoms with Crippen molar-refractivity contribution in [1.29, 1.82) is 0 Å². The third kappa shape index (κ3) is 9.39. The van der Waals surface area contributed by atoms with Crippen LogP contribution in [0.2, 0.25) is 0 Å². The van der Waals surface area contributed by atoms with Gasteiger partial charge in [-0.3, -0.25) is 9.79 Å². The lowest BCUT2D eigenvalue weighted by Gasteiger charge is -2.13. The van der Waals surface area contributed by atoms with Crippen molar-refractivity contribution in [3.05, 3.63) is 29.8 Å². The summed E-state index contributed by atoms with van der Waals surface area (Å²) in [4.78, 5) is 15.9. The van der Waals surface area contributed by atoms with Gasteiger partial charge in [-0.1, -0.05) is 26.0 Å². The molecule has 0 aliphatic heterocycles. The number of guanidine groups is 1. The minimum atomic E-state index is -0.0314. The molecular weight excluding hydrogens is 332 g/mol. The fraction of sp³-hybridized carbons (Fsp3) is 0.579. The number of hydrogen-bond donors (Lipinski definition) is 3. The normalized spacial score (nSPS) is 11.5. The molecule has 0 aliphatic rings. The van der Waals surface area contributed by atoms with Gasteiger partial charge in [0, 0.05) is 45.5 Å². The Morgan fingerprint density at radius 2 is 1.85 bits per heavy atom. The molecule has 1 aromatic rings. The number of carbonyl (C=O) groups excluding carboxylic acids is 1. The van der Waals surface area contributed by atoms with E-state index in [2.05, 4.69) is 20.9 Å². The lowest BCUT2D eigenvalue weighted by atomic mass is 10.1. The smallest absolute Gasteiger partial charge is 0.226 e. The van der Waals surface area contributed by atoms with E-state index in [1.54, 1.807) is 14.2 Å². The summed E-state index contributed by atoms with van der Waals surface area (Å²) in [5, 5.41) is 9.40. The van der Waals surface area contributed by atoms with Crippen LogP contribution >= 0.6 is 0 Å². The fourth-order valence-electron chi connectivity index (χ4n) is 2.02. The van der Waals surface area contributed by atoms with E-state index in [4.69, 9.17) is 9.47 Å². The second-order valence-electron chi connectivity index (χ2n) is 6.15. The molecule has 7 nitrogen and oxygen atoms in total. The van der Waals surface area contributed by atoms with Crippen LogP contribution in [0, 0.1) is 5.92 Å². The monoisotopic (exact) mass is 364 g/mol. The summed E-state index contributed by atoms with van der Waals surface area (Å²) < 4.78 is 10.3. The van der Waals surface area contributed by atoms with Crippen molar-refractivity contribution in [2.75, 3.05) is 45.8 Å². The van der Waals surface area contributed by atoms with Gasteiger partial charge in [0.2, 0.25) is 5.91 Å². The average molecular weight is 364 g/mol. The zero-order chi connectivity index (χ0) is 19.2. The number of hydrogen-bond acceptors (Lipinski definition) is 4. The zero-order valence-electron chi connectivity index (χ0n) is 16.3. The zero-order valence-corrected chi connectivity index (χ0v) is 16.3. The van der Waals surface area contributed by atoms with Crippen molar-refractivity contribution in [3.8, 4) is 0 Å². The van der Waals surface area contributed by atoms with Gasteiger partial charge in [-0.25, -0.2) is 0 Å². The summed E-state index contributed by atoms with van der Waals surface area (Å²) in [7, 11) is 3.41. The third-order valence-electron chi connectivity index (χ3n) is 3.62. The Kier molecular flexibility index (Phi) is 11.1. The number of nitrogens with one attached hydrogen (secondary N) is 3. The van der Waals surface area contributed by atoms with Crippen LogP contribution in [-0.4, -0.2) is 52.4 Å². The molecule has 1 aromatic carbocycles. The van der Waals surface area contributed by atoms with E-state index in [1.807, 2.05) is 38.1 Å². The molecule has 0 saturated carbocycles. The minimum absolute atomic E-state index is 0.0201. The molecule has 146 valence electrons. The number of amides is 1. The topological polar surface area (TPSA) is 84.0 Å². The quantitative estimate of drug-likeness (QED) is 0.318. The Labute approximate surface area is 156 Å². The average Bonchev–Trinajstić information content (AvgIpc) is 2.64. The lowest BCUT2D eigenvalue weighted by molar-refractivity contribution is -0.118. The van der Waals surface area contributed by atoms with E-state index < -0.39 is 0 Å². The first-order valence-corrected chi connectivity index (χ1v) is 8.97. The number of methoxy groups -OCH3 is 1. The molecule has 0 unspecified atom stereocenters. The predicted molar refractivity (Wildman–Crippen MR) is 105 cm³/mol. The van der Waals surface area contributed by atoms with E-state index >= 15 is 0 Å². The number of benzene rings is 1. The molecule has 0 fully saturated rings. The molecule has 0 bridgehead atoms. The summed E-state index contributed by atoms with van der Waals surface area (Å²) in [5.41, 5.74) is 1.92. The first-order chi connectivity index (χ1) is 12.6. The number of anilines is 1. The van der Waals surface area contributed by atoms with Crippen molar-refractivity contribution in [1.82, 2.24) is 10.6 Å². The van der Waals surface area contributed by atoms with E-state index in [1.165, 1.54) is 0 Å². The minimum Gasteiger partial charge on any atom is -0.382 e. The van der Waals surface area contributed by atoms with Crippen LogP contribution in [0.25, 0.3) is 0 Å². The predicted octanol–water partition coefficient (Wildman–Crippen LogP) is 2.00. The van der Waals surface area contributed by atoms with Crippen molar-refractivity contribution >= 4 is 17.6 Å². The molecule has 0 heterocycles. The summed E-state index contributed by atoms with van der Waals surface area (Å²) in [6, 6.07) is 7.79. The van der Waals surface area contributed by atoms with Crippen LogP contribution in [0.3, 0.4) is 0 Å². The van der Waals surface area contributed by atoms with Crippen LogP contribution in [0.1, 0.15) is 25.8 Å². The van der Waals surface area contributed by atoms with Gasteiger partial charge in [0.25, 0.3) is 0 Å². The maximum Gasteiger partial charge on any atom is 0.226 e. The highest BCUT2D eigenvalue weighted by Crippen LogP contribution is 2.10. The third-order valence-corrected chi connectivity index (χ3v) is 3.62. The van der Waals surface area contributed by atoms with Gasteiger partial charge in [0.05, 0.1) is 13.2 Å². The number of rotatable bonds is 11. The highest BCUT2D eigenvalue weighted by atomic mass is 16.5. The van der Waals surface area contributed by atoms with Gasteiger partial charge >= 0.3 is 0 Å². The molecule has 3 N–H and O–H groups in total. The molecule has 0 atom stereocenters. The molecule has 0 spiro atoms. The van der Waals surface area contributed by atoms with Gasteiger partial charge in [0.15, 0.2) is 5.96 Å². The van der Waals surface area contributed by atoms with Gasteiger partial charge in [-0.2, -0.15) is 0 Å². The second kappa shape index (κ2) is 13.1. The summed E-state index contributed by atoms with van der Waals surface area (Å²) >= 11 is 0. The highest BCUT2D eigenvalue weighted by Gasteiger charge is 2.06. The van der Waals surface area contributed by atoms with Crippen LogP contribution < -0.4 is 16.0 Å². The number of carbonyl (C=O) groups is 1. The van der Waals surface area contributed by atoms with Gasteiger partial charge < -0.3 is 25.4 Å². The highest BCUT2D eigenvalue weighted by molar-refractivity contribution is 5.92. The molecule has 0 aliphatic carbocycles. The van der Waals surface area contributed by atoms with Crippen LogP contribution in [0.4, 0.5) is 5.69 Å². The van der Waals surface area contributed by atoms with E-state index in [-0.39, 0.29) is 11.8 Å². The van der Waals surface area contributed by atoms with Crippen LogP contribution in [0.15, 0.2) is 29.3 Å². The maximum absolute atomic E-state index is 11.7. The summed E-state index contributed by atoms with van der Waals surface area (Å²) in [6.07, 6.45) is 0.897. The van der Waals surface area contributed by atoms with E-state index in [0.717, 1.165) is 30.2 Å². The van der Waals surface area contributed by atoms with Crippen molar-refractivity contribution in [2.24, 2.45) is 10.9 Å². The molecule has 0 aromatic heterocycles. The van der Waals surface area contributed by atoms with Crippen molar-refractivity contribution in [2.45, 2.75) is 26.8 Å². The summed E-state index contributed by atoms with van der Waals surface area (Å²) in [5.74, 6) is 0.738. The van der Waals surface area contributed by atoms with Gasteiger partial charge in [0.1, 0.15) is 0 Å². The van der Waals surface area contributed by atoms with E-state index in [9.17, 15) is 4.79 Å². The molecule has 7 heteroatoms. The number of ether oxygens (including phenoxy) is 2. The van der Waals surface area contributed by atoms with Crippen molar-refractivity contribution in [3.63, 3.8) is 0 Å². The van der Waals surface area contributed by atoms with Crippen LogP contribution in [0.5, 0.6) is 0 Å². The molecule has 0 saturated heterocycles. The Morgan fingerprint density at radius 1 is 1.12 bits per heavy atom. The Morgan fingerprint density at radius 3 is 2.46 bits per heavy atom. The molecular formula is C19H32N4O3. The van der Waals surface area contributed by atoms with Gasteiger partial charge in [-0.05, 0) is 24.1 Å². The Balaban J connectivity index is 2.27. The number of nitrogens with zero attached hydrogens (tertiary/aromatic N) is 1. The lowest BCUT2D eigenvalue weighted by Crippen LogP contribution is -2.37. The fourth-order valence-corrected chi connectivity index (χ4v) is 2.02. The molecule has 0 radical (unpaired) electrons. The molecule has 1 rings (SSSR count). The van der Waals surface area contributed by atoms with E-state index in [0.29, 0.717) is 26.4 Å². The Hall–Kier alpha value is -2.12. The first-order valence-electron chi connectivity index (χ1n) is 8.97. The second-order valence-corrected chi connectivity index (χ2v) is 6.15. The number of aliphatic imine (C=N–C) groups is 1. The molecule has 1 amide bonds. The standard InChI is InChI=1S/C19H32N4O3/c1-15(2)18(24)23-17-8-6-16(7-9-17)14-22-19(20-3)21-10-5-11-26-13-12-25-4/h6-9,15H,5,10-14H2,1-4H3,(H,23,24)(H2,20,21,22). The first kappa shape index (κ1) is 21.9. The Bertz CT molecular complexity index is 544. The van der Waals surface area contributed by atoms with Crippen molar-refractivity contribution < 1.29 is 14.3 Å². The largest absolute Gasteiger partial charge is 0.382 e. The molecule has 26 heavy (non-hydrogen) atoms.